The van der Waals surface area contributed by atoms with E-state index in [0.29, 0.717) is 11.3 Å². The van der Waals surface area contributed by atoms with Gasteiger partial charge in [-0.25, -0.2) is 12.7 Å². The second kappa shape index (κ2) is 10.5. The molecular formula is C24H34N4O3S. The van der Waals surface area contributed by atoms with Gasteiger partial charge in [-0.05, 0) is 75.7 Å². The molecule has 0 aliphatic carbocycles. The van der Waals surface area contributed by atoms with Crippen molar-refractivity contribution in [2.45, 2.75) is 30.6 Å². The molecule has 32 heavy (non-hydrogen) atoms. The molecule has 8 heteroatoms. The van der Waals surface area contributed by atoms with E-state index in [4.69, 9.17) is 0 Å². The van der Waals surface area contributed by atoms with E-state index in [-0.39, 0.29) is 10.8 Å². The van der Waals surface area contributed by atoms with E-state index in [0.717, 1.165) is 48.9 Å². The highest BCUT2D eigenvalue weighted by molar-refractivity contribution is 7.89. The third-order valence-electron chi connectivity index (χ3n) is 5.75. The van der Waals surface area contributed by atoms with Crippen molar-refractivity contribution in [1.82, 2.24) is 9.21 Å². The van der Waals surface area contributed by atoms with Crippen LogP contribution in [0.2, 0.25) is 0 Å². The maximum Gasteiger partial charge on any atom is 0.257 e. The first-order chi connectivity index (χ1) is 15.2. The van der Waals surface area contributed by atoms with E-state index >= 15 is 0 Å². The van der Waals surface area contributed by atoms with Crippen LogP contribution in [0.3, 0.4) is 0 Å². The molecule has 0 spiro atoms. The zero-order chi connectivity index (χ0) is 23.3. The lowest BCUT2D eigenvalue weighted by molar-refractivity contribution is 0.102. The van der Waals surface area contributed by atoms with Gasteiger partial charge in [-0.15, -0.1) is 0 Å². The molecule has 174 valence electrons. The molecule has 0 unspecified atom stereocenters. The fourth-order valence-electron chi connectivity index (χ4n) is 3.78. The zero-order valence-corrected chi connectivity index (χ0v) is 20.3. The summed E-state index contributed by atoms with van der Waals surface area (Å²) < 4.78 is 26.5. The molecular weight excluding hydrogens is 424 g/mol. The second-order valence-electron chi connectivity index (χ2n) is 8.72. The lowest BCUT2D eigenvalue weighted by Crippen LogP contribution is -2.32. The number of hydrogen-bond acceptors (Lipinski definition) is 5. The normalized spacial score (nSPS) is 14.8. The van der Waals surface area contributed by atoms with Gasteiger partial charge in [-0.1, -0.05) is 12.1 Å². The summed E-state index contributed by atoms with van der Waals surface area (Å²) >= 11 is 0. The summed E-state index contributed by atoms with van der Waals surface area (Å²) in [4.78, 5) is 17.7. The predicted molar refractivity (Wildman–Crippen MR) is 130 cm³/mol. The third-order valence-corrected chi connectivity index (χ3v) is 7.56. The summed E-state index contributed by atoms with van der Waals surface area (Å²) in [6, 6.07) is 12.7. The highest BCUT2D eigenvalue weighted by Crippen LogP contribution is 2.28. The van der Waals surface area contributed by atoms with E-state index in [1.54, 1.807) is 12.1 Å². The largest absolute Gasteiger partial charge is 0.371 e. The number of nitrogens with one attached hydrogen (secondary N) is 1. The number of amides is 1. The monoisotopic (exact) mass is 458 g/mol. The fraction of sp³-hybridized carbons (Fsp3) is 0.458. The van der Waals surface area contributed by atoms with E-state index in [9.17, 15) is 13.2 Å². The first-order valence-corrected chi connectivity index (χ1v) is 12.5. The fourth-order valence-corrected chi connectivity index (χ4v) is 4.71. The maximum atomic E-state index is 13.3. The molecule has 1 N–H and O–H groups in total. The standard InChI is InChI=1S/C24H34N4O3S/c1-26(2)17-14-19-8-10-20(11-9-19)25-24(29)22-18-21(32(30,31)27(3)4)12-13-23(22)28-15-6-5-7-16-28/h8-13,18H,5-7,14-17H2,1-4H3,(H,25,29). The Morgan fingerprint density at radius 3 is 2.22 bits per heavy atom. The van der Waals surface area contributed by atoms with Crippen molar-refractivity contribution in [2.75, 3.05) is 58.0 Å². The SMILES string of the molecule is CN(C)CCc1ccc(NC(=O)c2cc(S(=O)(=O)N(C)C)ccc2N2CCCCC2)cc1. The Hall–Kier alpha value is -2.42. The summed E-state index contributed by atoms with van der Waals surface area (Å²) in [6.45, 7) is 2.68. The predicted octanol–water partition coefficient (Wildman–Crippen LogP) is 3.28. The molecule has 1 aliphatic rings. The summed E-state index contributed by atoms with van der Waals surface area (Å²) in [5.74, 6) is -0.303. The summed E-state index contributed by atoms with van der Waals surface area (Å²) in [6.07, 6.45) is 4.23. The molecule has 1 aliphatic heterocycles. The van der Waals surface area contributed by atoms with Crippen molar-refractivity contribution in [2.24, 2.45) is 0 Å². The van der Waals surface area contributed by atoms with Crippen molar-refractivity contribution in [3.8, 4) is 0 Å². The first kappa shape index (κ1) is 24.2. The molecule has 7 nitrogen and oxygen atoms in total. The van der Waals surface area contributed by atoms with Crippen molar-refractivity contribution in [1.29, 1.82) is 0 Å². The Kier molecular flexibility index (Phi) is 7.92. The van der Waals surface area contributed by atoms with E-state index in [1.807, 2.05) is 38.4 Å². The van der Waals surface area contributed by atoms with Crippen LogP contribution in [0.4, 0.5) is 11.4 Å². The minimum absolute atomic E-state index is 0.118. The van der Waals surface area contributed by atoms with Crippen molar-refractivity contribution < 1.29 is 13.2 Å². The molecule has 0 saturated carbocycles. The molecule has 1 amide bonds. The maximum absolute atomic E-state index is 13.3. The minimum atomic E-state index is -3.64. The van der Waals surface area contributed by atoms with Crippen molar-refractivity contribution in [3.05, 3.63) is 53.6 Å². The molecule has 1 fully saturated rings. The van der Waals surface area contributed by atoms with Crippen molar-refractivity contribution >= 4 is 27.3 Å². The van der Waals surface area contributed by atoms with Gasteiger partial charge >= 0.3 is 0 Å². The molecule has 2 aromatic rings. The first-order valence-electron chi connectivity index (χ1n) is 11.0. The Morgan fingerprint density at radius 1 is 0.969 bits per heavy atom. The van der Waals surface area contributed by atoms with Gasteiger partial charge in [0.25, 0.3) is 5.91 Å². The van der Waals surface area contributed by atoms with Gasteiger partial charge in [0, 0.05) is 45.1 Å². The quantitative estimate of drug-likeness (QED) is 0.657. The lowest BCUT2D eigenvalue weighted by atomic mass is 10.1. The molecule has 3 rings (SSSR count). The van der Waals surface area contributed by atoms with Crippen LogP contribution in [-0.2, 0) is 16.4 Å². The summed E-state index contributed by atoms with van der Waals surface area (Å²) in [7, 11) is 3.42. The Balaban J connectivity index is 1.88. The Labute approximate surface area is 192 Å². The second-order valence-corrected chi connectivity index (χ2v) is 10.9. The number of carbonyl (C=O) groups is 1. The Bertz CT molecular complexity index is 1030. The van der Waals surface area contributed by atoms with E-state index in [1.165, 1.54) is 32.1 Å². The van der Waals surface area contributed by atoms with Crippen LogP contribution in [0.1, 0.15) is 35.2 Å². The van der Waals surface area contributed by atoms with Crippen LogP contribution >= 0.6 is 0 Å². The number of carbonyl (C=O) groups excluding carboxylic acids is 1. The van der Waals surface area contributed by atoms with Crippen molar-refractivity contribution in [3.63, 3.8) is 0 Å². The van der Waals surface area contributed by atoms with E-state index in [2.05, 4.69) is 15.1 Å². The number of nitrogens with zero attached hydrogens (tertiary/aromatic N) is 3. The number of anilines is 2. The van der Waals surface area contributed by atoms with Gasteiger partial charge in [-0.2, -0.15) is 0 Å². The van der Waals surface area contributed by atoms with Crippen LogP contribution in [0.15, 0.2) is 47.4 Å². The van der Waals surface area contributed by atoms with Gasteiger partial charge < -0.3 is 15.1 Å². The highest BCUT2D eigenvalue weighted by Gasteiger charge is 2.24. The molecule has 1 saturated heterocycles. The molecule has 0 aromatic heterocycles. The number of likely N-dealkylation sites (N-methyl/N-ethyl adjacent to an activating group) is 1. The summed E-state index contributed by atoms with van der Waals surface area (Å²) in [5.41, 5.74) is 3.05. The van der Waals surface area contributed by atoms with E-state index < -0.39 is 10.0 Å². The number of sulfonamides is 1. The topological polar surface area (TPSA) is 73.0 Å². The van der Waals surface area contributed by atoms with Gasteiger partial charge in [0.2, 0.25) is 10.0 Å². The summed E-state index contributed by atoms with van der Waals surface area (Å²) in [5, 5.41) is 2.95. The highest BCUT2D eigenvalue weighted by atomic mass is 32.2. The number of benzene rings is 2. The van der Waals surface area contributed by atoms with Crippen LogP contribution in [0, 0.1) is 0 Å². The smallest absolute Gasteiger partial charge is 0.257 e. The molecule has 0 radical (unpaired) electrons. The average molecular weight is 459 g/mol. The number of hydrogen-bond donors (Lipinski definition) is 1. The lowest BCUT2D eigenvalue weighted by Gasteiger charge is -2.30. The zero-order valence-electron chi connectivity index (χ0n) is 19.5. The number of rotatable bonds is 8. The Morgan fingerprint density at radius 2 is 1.62 bits per heavy atom. The van der Waals surface area contributed by atoms with Gasteiger partial charge in [-0.3, -0.25) is 4.79 Å². The molecule has 0 bridgehead atoms. The molecule has 1 heterocycles. The minimum Gasteiger partial charge on any atom is -0.371 e. The van der Waals surface area contributed by atoms with Gasteiger partial charge in [0.1, 0.15) is 0 Å². The number of piperidine rings is 1. The molecule has 0 atom stereocenters. The van der Waals surface area contributed by atoms with Crippen LogP contribution in [-0.4, -0.2) is 71.4 Å². The van der Waals surface area contributed by atoms with Gasteiger partial charge in [0.05, 0.1) is 10.5 Å². The average Bonchev–Trinajstić information content (AvgIpc) is 2.78. The molecule has 2 aromatic carbocycles. The van der Waals surface area contributed by atoms with Crippen LogP contribution in [0.5, 0.6) is 0 Å². The van der Waals surface area contributed by atoms with Crippen LogP contribution < -0.4 is 10.2 Å². The van der Waals surface area contributed by atoms with Crippen LogP contribution in [0.25, 0.3) is 0 Å². The van der Waals surface area contributed by atoms with Gasteiger partial charge in [0.15, 0.2) is 0 Å². The third kappa shape index (κ3) is 5.88.